The average molecular weight is 236 g/mol. The molecule has 2 N–H and O–H groups in total. The van der Waals surface area contributed by atoms with Crippen LogP contribution in [0.1, 0.15) is 35.8 Å². The summed E-state index contributed by atoms with van der Waals surface area (Å²) >= 11 is 1.72. The van der Waals surface area contributed by atoms with E-state index in [1.54, 1.807) is 17.7 Å². The van der Waals surface area contributed by atoms with Gasteiger partial charge < -0.3 is 10.3 Å². The van der Waals surface area contributed by atoms with Crippen LogP contribution in [-0.2, 0) is 6.54 Å². The van der Waals surface area contributed by atoms with E-state index in [1.165, 1.54) is 5.01 Å². The first-order valence-corrected chi connectivity index (χ1v) is 6.30. The van der Waals surface area contributed by atoms with E-state index in [2.05, 4.69) is 32.6 Å². The number of imidazole rings is 1. The smallest absolute Gasteiger partial charge is 0.110 e. The van der Waals surface area contributed by atoms with Crippen LogP contribution in [0.5, 0.6) is 0 Å². The molecule has 0 bridgehead atoms. The van der Waals surface area contributed by atoms with Gasteiger partial charge in [0.05, 0.1) is 12.4 Å². The molecule has 0 aromatic carbocycles. The van der Waals surface area contributed by atoms with Crippen LogP contribution in [0.3, 0.4) is 0 Å². The molecular weight excluding hydrogens is 220 g/mol. The fourth-order valence-electron chi connectivity index (χ4n) is 1.55. The number of aromatic nitrogens is 3. The maximum atomic E-state index is 4.51. The lowest BCUT2D eigenvalue weighted by Crippen LogP contribution is -2.20. The fourth-order valence-corrected chi connectivity index (χ4v) is 2.51. The number of thiazole rings is 1. The molecule has 86 valence electrons. The van der Waals surface area contributed by atoms with Crippen LogP contribution < -0.4 is 5.32 Å². The van der Waals surface area contributed by atoms with Crippen molar-refractivity contribution < 1.29 is 0 Å². The summed E-state index contributed by atoms with van der Waals surface area (Å²) in [7, 11) is 0. The molecule has 5 heteroatoms. The SMILES string of the molecule is CCC(NCc1cnc[nH]1)c1nc(C)cs1. The van der Waals surface area contributed by atoms with Gasteiger partial charge in [0, 0.05) is 29.5 Å². The standard InChI is InChI=1S/C11H16N4S/c1-3-10(11-15-8(2)6-16-11)13-5-9-4-12-7-14-9/h4,6-7,10,13H,3,5H2,1-2H3,(H,12,14). The third-order valence-electron chi connectivity index (χ3n) is 2.44. The van der Waals surface area contributed by atoms with Gasteiger partial charge >= 0.3 is 0 Å². The third-order valence-corrected chi connectivity index (χ3v) is 3.51. The topological polar surface area (TPSA) is 53.6 Å². The summed E-state index contributed by atoms with van der Waals surface area (Å²) in [6, 6.07) is 0.335. The Labute approximate surface area is 99.2 Å². The minimum absolute atomic E-state index is 0.335. The molecule has 2 rings (SSSR count). The Balaban J connectivity index is 1.96. The maximum Gasteiger partial charge on any atom is 0.110 e. The highest BCUT2D eigenvalue weighted by atomic mass is 32.1. The van der Waals surface area contributed by atoms with Crippen molar-refractivity contribution in [2.24, 2.45) is 0 Å². The number of nitrogens with zero attached hydrogens (tertiary/aromatic N) is 2. The van der Waals surface area contributed by atoms with E-state index in [0.717, 1.165) is 24.4 Å². The van der Waals surface area contributed by atoms with Crippen LogP contribution in [0.15, 0.2) is 17.9 Å². The van der Waals surface area contributed by atoms with Gasteiger partial charge in [0.2, 0.25) is 0 Å². The number of rotatable bonds is 5. The molecule has 0 saturated heterocycles. The zero-order valence-corrected chi connectivity index (χ0v) is 10.3. The monoisotopic (exact) mass is 236 g/mol. The summed E-state index contributed by atoms with van der Waals surface area (Å²) in [5, 5.41) is 6.74. The van der Waals surface area contributed by atoms with Gasteiger partial charge in [-0.1, -0.05) is 6.92 Å². The van der Waals surface area contributed by atoms with Crippen molar-refractivity contribution in [3.63, 3.8) is 0 Å². The van der Waals surface area contributed by atoms with Crippen molar-refractivity contribution in [3.05, 3.63) is 34.3 Å². The maximum absolute atomic E-state index is 4.51. The van der Waals surface area contributed by atoms with Crippen LogP contribution in [0, 0.1) is 6.92 Å². The molecule has 4 nitrogen and oxygen atoms in total. The van der Waals surface area contributed by atoms with E-state index in [0.29, 0.717) is 6.04 Å². The Hall–Kier alpha value is -1.20. The predicted octanol–water partition coefficient (Wildman–Crippen LogP) is 2.42. The fraction of sp³-hybridized carbons (Fsp3) is 0.455. The van der Waals surface area contributed by atoms with Crippen molar-refractivity contribution in [1.82, 2.24) is 20.3 Å². The molecule has 2 heterocycles. The van der Waals surface area contributed by atoms with Gasteiger partial charge in [-0.05, 0) is 13.3 Å². The summed E-state index contributed by atoms with van der Waals surface area (Å²) < 4.78 is 0. The van der Waals surface area contributed by atoms with E-state index in [1.807, 2.05) is 13.1 Å². The second-order valence-corrected chi connectivity index (χ2v) is 4.64. The van der Waals surface area contributed by atoms with Gasteiger partial charge in [-0.2, -0.15) is 0 Å². The second kappa shape index (κ2) is 5.23. The molecule has 0 amide bonds. The minimum Gasteiger partial charge on any atom is -0.347 e. The highest BCUT2D eigenvalue weighted by Crippen LogP contribution is 2.20. The first-order valence-electron chi connectivity index (χ1n) is 5.42. The molecule has 2 aromatic rings. The summed E-state index contributed by atoms with van der Waals surface area (Å²) in [5.41, 5.74) is 2.20. The van der Waals surface area contributed by atoms with Crippen LogP contribution >= 0.6 is 11.3 Å². The molecular formula is C11H16N4S. The first-order chi connectivity index (χ1) is 7.79. The van der Waals surface area contributed by atoms with Gasteiger partial charge in [-0.15, -0.1) is 11.3 Å². The van der Waals surface area contributed by atoms with E-state index in [4.69, 9.17) is 0 Å². The Morgan fingerprint density at radius 1 is 1.56 bits per heavy atom. The average Bonchev–Trinajstić information content (AvgIpc) is 2.91. The largest absolute Gasteiger partial charge is 0.347 e. The molecule has 16 heavy (non-hydrogen) atoms. The number of aromatic amines is 1. The molecule has 0 radical (unpaired) electrons. The number of nitrogens with one attached hydrogen (secondary N) is 2. The summed E-state index contributed by atoms with van der Waals surface area (Å²) in [5.74, 6) is 0. The van der Waals surface area contributed by atoms with Crippen molar-refractivity contribution >= 4 is 11.3 Å². The van der Waals surface area contributed by atoms with Gasteiger partial charge in [0.1, 0.15) is 5.01 Å². The zero-order chi connectivity index (χ0) is 11.4. The Bertz CT molecular complexity index is 421. The number of hydrogen-bond donors (Lipinski definition) is 2. The quantitative estimate of drug-likeness (QED) is 0.838. The van der Waals surface area contributed by atoms with E-state index < -0.39 is 0 Å². The van der Waals surface area contributed by atoms with Crippen molar-refractivity contribution in [1.29, 1.82) is 0 Å². The van der Waals surface area contributed by atoms with Crippen LogP contribution in [0.25, 0.3) is 0 Å². The molecule has 0 aliphatic rings. The van der Waals surface area contributed by atoms with Gasteiger partial charge in [-0.25, -0.2) is 9.97 Å². The molecule has 0 aliphatic heterocycles. The molecule has 1 atom stereocenters. The lowest BCUT2D eigenvalue weighted by Gasteiger charge is -2.13. The molecule has 0 aliphatic carbocycles. The first kappa shape index (κ1) is 11.3. The van der Waals surface area contributed by atoms with Gasteiger partial charge in [0.25, 0.3) is 0 Å². The molecule has 1 unspecified atom stereocenters. The zero-order valence-electron chi connectivity index (χ0n) is 9.53. The van der Waals surface area contributed by atoms with Crippen molar-refractivity contribution in [2.45, 2.75) is 32.9 Å². The molecule has 0 spiro atoms. The van der Waals surface area contributed by atoms with E-state index >= 15 is 0 Å². The summed E-state index contributed by atoms with van der Waals surface area (Å²) in [6.45, 7) is 5.00. The second-order valence-electron chi connectivity index (χ2n) is 3.75. The van der Waals surface area contributed by atoms with Gasteiger partial charge in [-0.3, -0.25) is 0 Å². The summed E-state index contributed by atoms with van der Waals surface area (Å²) in [6.07, 6.45) is 4.58. The minimum atomic E-state index is 0.335. The number of hydrogen-bond acceptors (Lipinski definition) is 4. The molecule has 2 aromatic heterocycles. The predicted molar refractivity (Wildman–Crippen MR) is 65.3 cm³/mol. The van der Waals surface area contributed by atoms with E-state index in [9.17, 15) is 0 Å². The normalized spacial score (nSPS) is 12.9. The van der Waals surface area contributed by atoms with Crippen LogP contribution in [0.2, 0.25) is 0 Å². The van der Waals surface area contributed by atoms with Crippen LogP contribution in [0.4, 0.5) is 0 Å². The van der Waals surface area contributed by atoms with Crippen LogP contribution in [-0.4, -0.2) is 15.0 Å². The van der Waals surface area contributed by atoms with Gasteiger partial charge in [0.15, 0.2) is 0 Å². The third kappa shape index (κ3) is 2.68. The molecule has 0 fully saturated rings. The molecule has 0 saturated carbocycles. The van der Waals surface area contributed by atoms with E-state index in [-0.39, 0.29) is 0 Å². The Kier molecular flexibility index (Phi) is 3.69. The summed E-state index contributed by atoms with van der Waals surface area (Å²) in [4.78, 5) is 11.6. The lowest BCUT2D eigenvalue weighted by molar-refractivity contribution is 0.512. The van der Waals surface area contributed by atoms with Crippen molar-refractivity contribution in [2.75, 3.05) is 0 Å². The Morgan fingerprint density at radius 2 is 2.44 bits per heavy atom. The highest BCUT2D eigenvalue weighted by Gasteiger charge is 2.12. The number of aryl methyl sites for hydroxylation is 1. The lowest BCUT2D eigenvalue weighted by atomic mass is 10.2. The van der Waals surface area contributed by atoms with Crippen molar-refractivity contribution in [3.8, 4) is 0 Å². The Morgan fingerprint density at radius 3 is 3.00 bits per heavy atom. The highest BCUT2D eigenvalue weighted by molar-refractivity contribution is 7.09. The number of H-pyrrole nitrogens is 1.